The summed E-state index contributed by atoms with van der Waals surface area (Å²) in [7, 11) is 0. The van der Waals surface area contributed by atoms with Crippen molar-refractivity contribution in [2.24, 2.45) is 23.7 Å². The summed E-state index contributed by atoms with van der Waals surface area (Å²) < 4.78 is 0. The highest BCUT2D eigenvalue weighted by Crippen LogP contribution is 2.42. The molecule has 1 amide bonds. The number of hydrogen-bond donors (Lipinski definition) is 2. The molecule has 28 heavy (non-hydrogen) atoms. The lowest BCUT2D eigenvalue weighted by Gasteiger charge is -2.45. The molecule has 2 N–H and O–H groups in total. The number of amides is 1. The van der Waals surface area contributed by atoms with Crippen LogP contribution in [0.1, 0.15) is 85.0 Å². The smallest absolute Gasteiger partial charge is 0.237 e. The average molecular weight is 390 g/mol. The zero-order valence-corrected chi connectivity index (χ0v) is 18.5. The summed E-state index contributed by atoms with van der Waals surface area (Å²) in [6, 6.07) is 1.86. The molecule has 3 aliphatic carbocycles. The average Bonchev–Trinajstić information content (AvgIpc) is 3.15. The van der Waals surface area contributed by atoms with Crippen LogP contribution in [-0.4, -0.2) is 48.1 Å². The first-order valence-corrected chi connectivity index (χ1v) is 12.4. The number of nitrogens with one attached hydrogen (secondary N) is 2. The minimum absolute atomic E-state index is 0.0617. The van der Waals surface area contributed by atoms with Gasteiger partial charge in [0.1, 0.15) is 0 Å². The Morgan fingerprint density at radius 1 is 0.929 bits per heavy atom. The van der Waals surface area contributed by atoms with Crippen molar-refractivity contribution in [3.8, 4) is 0 Å². The molecule has 4 aliphatic rings. The number of hydrogen-bond acceptors (Lipinski definition) is 3. The zero-order chi connectivity index (χ0) is 19.7. The predicted molar refractivity (Wildman–Crippen MR) is 115 cm³/mol. The molecule has 0 aromatic carbocycles. The van der Waals surface area contributed by atoms with Crippen LogP contribution in [0.2, 0.25) is 0 Å². The third kappa shape index (κ3) is 4.28. The molecule has 0 spiro atoms. The molecule has 4 fully saturated rings. The molecule has 8 unspecified atom stereocenters. The third-order valence-corrected chi connectivity index (χ3v) is 8.86. The van der Waals surface area contributed by atoms with Crippen LogP contribution in [0.15, 0.2) is 0 Å². The quantitative estimate of drug-likeness (QED) is 0.748. The maximum Gasteiger partial charge on any atom is 0.237 e. The van der Waals surface area contributed by atoms with Crippen molar-refractivity contribution in [1.29, 1.82) is 0 Å². The highest BCUT2D eigenvalue weighted by Gasteiger charge is 2.42. The second-order valence-electron chi connectivity index (χ2n) is 10.4. The van der Waals surface area contributed by atoms with Gasteiger partial charge >= 0.3 is 0 Å². The van der Waals surface area contributed by atoms with E-state index in [1.54, 1.807) is 0 Å². The van der Waals surface area contributed by atoms with E-state index < -0.39 is 0 Å². The van der Waals surface area contributed by atoms with Crippen molar-refractivity contribution in [3.63, 3.8) is 0 Å². The zero-order valence-electron chi connectivity index (χ0n) is 18.5. The van der Waals surface area contributed by atoms with E-state index in [0.29, 0.717) is 18.0 Å². The summed E-state index contributed by atoms with van der Waals surface area (Å²) in [4.78, 5) is 15.6. The minimum atomic E-state index is 0.0617. The third-order valence-electron chi connectivity index (χ3n) is 8.86. The van der Waals surface area contributed by atoms with Crippen molar-refractivity contribution in [3.05, 3.63) is 0 Å². The first-order valence-electron chi connectivity index (χ1n) is 12.4. The standard InChI is InChI=1S/C24H43N3O/c1-4-27(5-2)21-12-10-17-13-20(11-9-18(17)14-21)25-24(28)22-15-19-8-6-7-16(3)23(19)26-22/h16-23,26H,4-15H2,1-3H3,(H,25,28). The summed E-state index contributed by atoms with van der Waals surface area (Å²) in [5, 5.41) is 7.16. The van der Waals surface area contributed by atoms with Gasteiger partial charge in [0.25, 0.3) is 0 Å². The van der Waals surface area contributed by atoms with E-state index in [2.05, 4.69) is 36.3 Å². The molecule has 8 atom stereocenters. The van der Waals surface area contributed by atoms with E-state index in [1.165, 1.54) is 70.9 Å². The Kier molecular flexibility index (Phi) is 6.67. The molecule has 0 aromatic heterocycles. The van der Waals surface area contributed by atoms with Gasteiger partial charge in [0.05, 0.1) is 6.04 Å². The second-order valence-corrected chi connectivity index (χ2v) is 10.4. The number of nitrogens with zero attached hydrogens (tertiary/aromatic N) is 1. The lowest BCUT2D eigenvalue weighted by Crippen LogP contribution is -2.50. The van der Waals surface area contributed by atoms with E-state index in [4.69, 9.17) is 0 Å². The van der Waals surface area contributed by atoms with Gasteiger partial charge in [-0.05, 0) is 94.5 Å². The van der Waals surface area contributed by atoms with E-state index in [9.17, 15) is 4.79 Å². The normalized spacial score (nSPS) is 43.4. The molecule has 0 aromatic rings. The molecule has 1 saturated heterocycles. The van der Waals surface area contributed by atoms with Gasteiger partial charge in [0.2, 0.25) is 5.91 Å². The minimum Gasteiger partial charge on any atom is -0.352 e. The Balaban J connectivity index is 1.26. The van der Waals surface area contributed by atoms with Crippen LogP contribution in [0.5, 0.6) is 0 Å². The van der Waals surface area contributed by atoms with Crippen LogP contribution >= 0.6 is 0 Å². The summed E-state index contributed by atoms with van der Waals surface area (Å²) in [5.74, 6) is 3.48. The fourth-order valence-corrected chi connectivity index (χ4v) is 7.25. The summed E-state index contributed by atoms with van der Waals surface area (Å²) in [6.07, 6.45) is 12.9. The molecule has 1 heterocycles. The van der Waals surface area contributed by atoms with Crippen LogP contribution in [0, 0.1) is 23.7 Å². The van der Waals surface area contributed by atoms with Gasteiger partial charge in [-0.1, -0.05) is 27.2 Å². The van der Waals surface area contributed by atoms with Crippen LogP contribution in [0.4, 0.5) is 0 Å². The lowest BCUT2D eigenvalue weighted by atomic mass is 9.67. The first kappa shape index (κ1) is 20.7. The molecule has 4 rings (SSSR count). The summed E-state index contributed by atoms with van der Waals surface area (Å²) in [5.41, 5.74) is 0. The van der Waals surface area contributed by atoms with Crippen molar-refractivity contribution in [2.45, 2.75) is 109 Å². The van der Waals surface area contributed by atoms with Crippen molar-refractivity contribution < 1.29 is 4.79 Å². The molecular weight excluding hydrogens is 346 g/mol. The van der Waals surface area contributed by atoms with E-state index in [1.807, 2.05) is 0 Å². The van der Waals surface area contributed by atoms with Gasteiger partial charge in [-0.15, -0.1) is 0 Å². The van der Waals surface area contributed by atoms with Gasteiger partial charge in [-0.3, -0.25) is 4.79 Å². The predicted octanol–water partition coefficient (Wildman–Crippen LogP) is 3.95. The van der Waals surface area contributed by atoms with Crippen molar-refractivity contribution in [1.82, 2.24) is 15.5 Å². The van der Waals surface area contributed by atoms with Gasteiger partial charge in [0.15, 0.2) is 0 Å². The highest BCUT2D eigenvalue weighted by molar-refractivity contribution is 5.82. The topological polar surface area (TPSA) is 44.4 Å². The SMILES string of the molecule is CCN(CC)C1CCC2CC(NC(=O)C3CC4CCCC(C)C4N3)CCC2C1. The van der Waals surface area contributed by atoms with Gasteiger partial charge < -0.3 is 15.5 Å². The fourth-order valence-electron chi connectivity index (χ4n) is 7.25. The number of carbonyl (C=O) groups excluding carboxylic acids is 1. The van der Waals surface area contributed by atoms with E-state index >= 15 is 0 Å². The Morgan fingerprint density at radius 2 is 1.68 bits per heavy atom. The van der Waals surface area contributed by atoms with Crippen LogP contribution in [-0.2, 0) is 4.79 Å². The molecule has 1 aliphatic heterocycles. The van der Waals surface area contributed by atoms with Gasteiger partial charge in [-0.25, -0.2) is 0 Å². The second kappa shape index (κ2) is 9.04. The first-order chi connectivity index (χ1) is 13.6. The lowest BCUT2D eigenvalue weighted by molar-refractivity contribution is -0.124. The highest BCUT2D eigenvalue weighted by atomic mass is 16.2. The number of fused-ring (bicyclic) bond motifs is 2. The Morgan fingerprint density at radius 3 is 2.43 bits per heavy atom. The van der Waals surface area contributed by atoms with Crippen molar-refractivity contribution >= 4 is 5.91 Å². The van der Waals surface area contributed by atoms with Crippen molar-refractivity contribution in [2.75, 3.05) is 13.1 Å². The molecule has 3 saturated carbocycles. The summed E-state index contributed by atoms with van der Waals surface area (Å²) >= 11 is 0. The molecular formula is C24H43N3O. The molecule has 0 bridgehead atoms. The number of rotatable bonds is 5. The maximum absolute atomic E-state index is 13.0. The Hall–Kier alpha value is -0.610. The molecule has 0 radical (unpaired) electrons. The number of carbonyl (C=O) groups is 1. The van der Waals surface area contributed by atoms with Crippen LogP contribution in [0.3, 0.4) is 0 Å². The summed E-state index contributed by atoms with van der Waals surface area (Å²) in [6.45, 7) is 9.34. The molecule has 4 heteroatoms. The van der Waals surface area contributed by atoms with Crippen LogP contribution < -0.4 is 10.6 Å². The van der Waals surface area contributed by atoms with E-state index in [-0.39, 0.29) is 6.04 Å². The molecule has 4 nitrogen and oxygen atoms in total. The monoisotopic (exact) mass is 389 g/mol. The largest absolute Gasteiger partial charge is 0.352 e. The Bertz CT molecular complexity index is 534. The fraction of sp³-hybridized carbons (Fsp3) is 0.958. The Labute approximate surface area is 172 Å². The van der Waals surface area contributed by atoms with Crippen LogP contribution in [0.25, 0.3) is 0 Å². The van der Waals surface area contributed by atoms with E-state index in [0.717, 1.165) is 36.1 Å². The molecule has 160 valence electrons. The van der Waals surface area contributed by atoms with Gasteiger partial charge in [-0.2, -0.15) is 0 Å². The maximum atomic E-state index is 13.0. The van der Waals surface area contributed by atoms with Gasteiger partial charge in [0, 0.05) is 18.1 Å².